The van der Waals surface area contributed by atoms with E-state index in [1.54, 1.807) is 29.1 Å². The summed E-state index contributed by atoms with van der Waals surface area (Å²) in [6, 6.07) is 8.02. The molecule has 0 aliphatic carbocycles. The molecule has 1 atom stereocenters. The topological polar surface area (TPSA) is 81.8 Å². The van der Waals surface area contributed by atoms with Gasteiger partial charge in [-0.25, -0.2) is 14.1 Å². The third-order valence-electron chi connectivity index (χ3n) is 4.42. The molecule has 0 fully saturated rings. The van der Waals surface area contributed by atoms with Crippen LogP contribution in [0.1, 0.15) is 47.7 Å². The number of hydrogen-bond donors (Lipinski definition) is 1. The molecule has 28 heavy (non-hydrogen) atoms. The van der Waals surface area contributed by atoms with Crippen LogP contribution in [-0.2, 0) is 13.6 Å². The molecule has 0 aliphatic rings. The molecule has 8 heteroatoms. The molecule has 146 valence electrons. The Balaban J connectivity index is 1.91. The van der Waals surface area contributed by atoms with Crippen LogP contribution in [0.25, 0.3) is 0 Å². The predicted octanol–water partition coefficient (Wildman–Crippen LogP) is 2.44. The van der Waals surface area contributed by atoms with Crippen LogP contribution in [-0.4, -0.2) is 25.2 Å². The molecule has 0 spiro atoms. The zero-order chi connectivity index (χ0) is 20.1. The maximum atomic E-state index is 13.3. The Bertz CT molecular complexity index is 1010. The van der Waals surface area contributed by atoms with E-state index in [9.17, 15) is 14.0 Å². The number of amides is 1. The summed E-state index contributed by atoms with van der Waals surface area (Å²) in [4.78, 5) is 29.1. The Morgan fingerprint density at radius 1 is 1.21 bits per heavy atom. The summed E-state index contributed by atoms with van der Waals surface area (Å²) in [5, 5.41) is 7.07. The largest absolute Gasteiger partial charge is 0.337 e. The predicted molar refractivity (Wildman–Crippen MR) is 102 cm³/mol. The minimum absolute atomic E-state index is 0.136. The van der Waals surface area contributed by atoms with E-state index in [-0.39, 0.29) is 17.1 Å². The van der Waals surface area contributed by atoms with Crippen molar-refractivity contribution in [2.75, 3.05) is 0 Å². The number of carbonyl (C=O) groups is 1. The lowest BCUT2D eigenvalue weighted by molar-refractivity contribution is 0.0933. The summed E-state index contributed by atoms with van der Waals surface area (Å²) >= 11 is 0. The Hall–Kier alpha value is -3.29. The number of aryl methyl sites for hydroxylation is 2. The average Bonchev–Trinajstić information content (AvgIpc) is 3.11. The fourth-order valence-corrected chi connectivity index (χ4v) is 2.85. The molecule has 0 radical (unpaired) electrons. The lowest BCUT2D eigenvalue weighted by Gasteiger charge is -2.19. The maximum Gasteiger partial charge on any atom is 0.272 e. The van der Waals surface area contributed by atoms with Crippen molar-refractivity contribution in [2.45, 2.75) is 32.4 Å². The van der Waals surface area contributed by atoms with Crippen molar-refractivity contribution in [3.63, 3.8) is 0 Å². The first-order chi connectivity index (χ1) is 13.5. The molecule has 1 N–H and O–H groups in total. The van der Waals surface area contributed by atoms with E-state index in [0.29, 0.717) is 17.9 Å². The third kappa shape index (κ3) is 4.33. The normalized spacial score (nSPS) is 12.0. The average molecular weight is 383 g/mol. The summed E-state index contributed by atoms with van der Waals surface area (Å²) < 4.78 is 16.4. The van der Waals surface area contributed by atoms with Crippen molar-refractivity contribution < 1.29 is 9.18 Å². The van der Waals surface area contributed by atoms with Crippen molar-refractivity contribution in [2.24, 2.45) is 7.05 Å². The fraction of sp³-hybridized carbons (Fsp3) is 0.300. The number of nitrogens with zero attached hydrogens (tertiary/aromatic N) is 4. The van der Waals surface area contributed by atoms with Gasteiger partial charge in [0.2, 0.25) is 0 Å². The van der Waals surface area contributed by atoms with E-state index in [4.69, 9.17) is 0 Å². The van der Waals surface area contributed by atoms with E-state index in [2.05, 4.69) is 15.4 Å². The van der Waals surface area contributed by atoms with Crippen LogP contribution in [0.5, 0.6) is 0 Å². The molecule has 0 saturated heterocycles. The molecule has 1 aromatic carbocycles. The second-order valence-corrected chi connectivity index (χ2v) is 6.49. The molecule has 1 unspecified atom stereocenters. The second-order valence-electron chi connectivity index (χ2n) is 6.49. The zero-order valence-corrected chi connectivity index (χ0v) is 15.8. The van der Waals surface area contributed by atoms with Crippen LogP contribution in [0.2, 0.25) is 0 Å². The number of benzene rings is 1. The number of rotatable bonds is 7. The summed E-state index contributed by atoms with van der Waals surface area (Å²) in [6.07, 6.45) is 5.10. The summed E-state index contributed by atoms with van der Waals surface area (Å²) in [5.74, 6) is -0.208. The zero-order valence-electron chi connectivity index (χ0n) is 15.8. The van der Waals surface area contributed by atoms with Crippen molar-refractivity contribution in [3.05, 3.63) is 82.0 Å². The van der Waals surface area contributed by atoms with Crippen LogP contribution in [0.4, 0.5) is 4.39 Å². The van der Waals surface area contributed by atoms with Gasteiger partial charge in [-0.3, -0.25) is 9.59 Å². The first-order valence-corrected chi connectivity index (χ1v) is 9.11. The Morgan fingerprint density at radius 3 is 2.61 bits per heavy atom. The van der Waals surface area contributed by atoms with E-state index >= 15 is 0 Å². The third-order valence-corrected chi connectivity index (χ3v) is 4.42. The first kappa shape index (κ1) is 19.5. The highest BCUT2D eigenvalue weighted by atomic mass is 19.1. The van der Waals surface area contributed by atoms with E-state index in [0.717, 1.165) is 12.8 Å². The van der Waals surface area contributed by atoms with Crippen LogP contribution < -0.4 is 10.9 Å². The maximum absolute atomic E-state index is 13.3. The summed E-state index contributed by atoms with van der Waals surface area (Å²) in [6.45, 7) is 2.47. The molecule has 2 heterocycles. The summed E-state index contributed by atoms with van der Waals surface area (Å²) in [5.41, 5.74) is 0.574. The molecule has 7 nitrogen and oxygen atoms in total. The minimum Gasteiger partial charge on any atom is -0.337 e. The number of nitrogens with one attached hydrogen (secondary N) is 1. The van der Waals surface area contributed by atoms with Gasteiger partial charge < -0.3 is 9.88 Å². The molecule has 0 bridgehead atoms. The SMILES string of the molecule is CCCCn1nc(C(=O)NC(c2ccc(F)cc2)c2nccn2C)ccc1=O. The van der Waals surface area contributed by atoms with Crippen molar-refractivity contribution >= 4 is 5.91 Å². The van der Waals surface area contributed by atoms with Crippen molar-refractivity contribution in [1.82, 2.24) is 24.6 Å². The highest BCUT2D eigenvalue weighted by Crippen LogP contribution is 2.21. The Labute approximate surface area is 161 Å². The van der Waals surface area contributed by atoms with Gasteiger partial charge in [-0.05, 0) is 30.2 Å². The molecular formula is C20H22FN5O2. The Morgan fingerprint density at radius 2 is 1.96 bits per heavy atom. The van der Waals surface area contributed by atoms with Gasteiger partial charge in [0.15, 0.2) is 0 Å². The number of unbranched alkanes of at least 4 members (excludes halogenated alkanes) is 1. The first-order valence-electron chi connectivity index (χ1n) is 9.11. The van der Waals surface area contributed by atoms with Gasteiger partial charge in [0, 0.05) is 32.1 Å². The van der Waals surface area contributed by atoms with Gasteiger partial charge in [0.1, 0.15) is 23.4 Å². The van der Waals surface area contributed by atoms with E-state index in [1.807, 2.05) is 14.0 Å². The van der Waals surface area contributed by atoms with Crippen LogP contribution in [0, 0.1) is 5.82 Å². The van der Waals surface area contributed by atoms with Crippen LogP contribution in [0.3, 0.4) is 0 Å². The van der Waals surface area contributed by atoms with Gasteiger partial charge in [0.05, 0.1) is 0 Å². The minimum atomic E-state index is -0.592. The van der Waals surface area contributed by atoms with Gasteiger partial charge in [-0.1, -0.05) is 25.5 Å². The lowest BCUT2D eigenvalue weighted by atomic mass is 10.1. The van der Waals surface area contributed by atoms with E-state index in [1.165, 1.54) is 28.9 Å². The number of halogens is 1. The standard InChI is InChI=1S/C20H22FN5O2/c1-3-4-12-26-17(27)10-9-16(24-26)20(28)23-18(19-22-11-13-25(19)2)14-5-7-15(21)8-6-14/h5-11,13,18H,3-4,12H2,1-2H3,(H,23,28). The molecule has 2 aromatic heterocycles. The lowest BCUT2D eigenvalue weighted by Crippen LogP contribution is -2.33. The molecule has 1 amide bonds. The van der Waals surface area contributed by atoms with Crippen LogP contribution in [0.15, 0.2) is 53.6 Å². The fourth-order valence-electron chi connectivity index (χ4n) is 2.85. The highest BCUT2D eigenvalue weighted by molar-refractivity contribution is 5.92. The quantitative estimate of drug-likeness (QED) is 0.679. The number of hydrogen-bond acceptors (Lipinski definition) is 4. The summed E-state index contributed by atoms with van der Waals surface area (Å²) in [7, 11) is 1.81. The molecule has 3 aromatic rings. The van der Waals surface area contributed by atoms with Gasteiger partial charge >= 0.3 is 0 Å². The van der Waals surface area contributed by atoms with Crippen LogP contribution >= 0.6 is 0 Å². The van der Waals surface area contributed by atoms with Gasteiger partial charge in [0.25, 0.3) is 11.5 Å². The number of carbonyl (C=O) groups excluding carboxylic acids is 1. The van der Waals surface area contributed by atoms with Crippen molar-refractivity contribution in [1.29, 1.82) is 0 Å². The van der Waals surface area contributed by atoms with E-state index < -0.39 is 11.9 Å². The van der Waals surface area contributed by atoms with Gasteiger partial charge in [-0.2, -0.15) is 5.10 Å². The van der Waals surface area contributed by atoms with Gasteiger partial charge in [-0.15, -0.1) is 0 Å². The Kier molecular flexibility index (Phi) is 5.98. The smallest absolute Gasteiger partial charge is 0.272 e. The molecule has 0 saturated carbocycles. The monoisotopic (exact) mass is 383 g/mol. The molecular weight excluding hydrogens is 361 g/mol. The second kappa shape index (κ2) is 8.60. The van der Waals surface area contributed by atoms with Crippen molar-refractivity contribution in [3.8, 4) is 0 Å². The number of aromatic nitrogens is 4. The highest BCUT2D eigenvalue weighted by Gasteiger charge is 2.22. The number of imidazole rings is 1. The molecule has 3 rings (SSSR count). The molecule has 0 aliphatic heterocycles.